The second-order valence-electron chi connectivity index (χ2n) is 7.55. The van der Waals surface area contributed by atoms with Crippen LogP contribution in [0.5, 0.6) is 0 Å². The van der Waals surface area contributed by atoms with Crippen LogP contribution in [0.3, 0.4) is 0 Å². The summed E-state index contributed by atoms with van der Waals surface area (Å²) in [5.74, 6) is 0. The number of hydrogen-bond acceptors (Lipinski definition) is 3. The molecule has 159 valence electrons. The van der Waals surface area contributed by atoms with Gasteiger partial charge in [0.25, 0.3) is 0 Å². The van der Waals surface area contributed by atoms with Gasteiger partial charge in [-0.25, -0.2) is 0 Å². The molecule has 0 amide bonds. The molecule has 4 heteroatoms. The van der Waals surface area contributed by atoms with E-state index in [9.17, 15) is 0 Å². The molecule has 0 fully saturated rings. The number of nitrogens with zero attached hydrogens (tertiary/aromatic N) is 3. The first-order valence-corrected chi connectivity index (χ1v) is 10.5. The summed E-state index contributed by atoms with van der Waals surface area (Å²) in [6, 6.07) is 33.3. The fraction of sp³-hybridized carbons (Fsp3) is 0. The first-order chi connectivity index (χ1) is 15.9. The van der Waals surface area contributed by atoms with Crippen LogP contribution in [0.2, 0.25) is 0 Å². The van der Waals surface area contributed by atoms with Crippen molar-refractivity contribution < 1.29 is 20.1 Å². The van der Waals surface area contributed by atoms with Gasteiger partial charge in [-0.05, 0) is 57.3 Å². The quantitative estimate of drug-likeness (QED) is 0.117. The summed E-state index contributed by atoms with van der Waals surface area (Å²) in [6.45, 7) is 0. The molecule has 0 saturated carbocycles. The second-order valence-corrected chi connectivity index (χ2v) is 7.55. The van der Waals surface area contributed by atoms with Crippen molar-refractivity contribution in [1.29, 1.82) is 0 Å². The molecule has 4 aromatic carbocycles. The predicted molar refractivity (Wildman–Crippen MR) is 131 cm³/mol. The van der Waals surface area contributed by atoms with Crippen LogP contribution in [-0.2, 0) is 20.1 Å². The minimum absolute atomic E-state index is 0. The van der Waals surface area contributed by atoms with Gasteiger partial charge in [0.2, 0.25) is 0 Å². The van der Waals surface area contributed by atoms with Crippen molar-refractivity contribution in [3.8, 4) is 11.3 Å². The predicted octanol–water partition coefficient (Wildman–Crippen LogP) is 6.87. The maximum Gasteiger partial charge on any atom is 0.0161 e. The molecule has 0 atom stereocenters. The van der Waals surface area contributed by atoms with E-state index < -0.39 is 0 Å². The zero-order chi connectivity index (χ0) is 21.3. The third-order valence-corrected chi connectivity index (χ3v) is 5.72. The van der Waals surface area contributed by atoms with E-state index >= 15 is 0 Å². The Hall–Kier alpha value is -3.72. The van der Waals surface area contributed by atoms with Crippen molar-refractivity contribution in [3.05, 3.63) is 116 Å². The molecule has 0 bridgehead atoms. The van der Waals surface area contributed by atoms with Gasteiger partial charge in [0.1, 0.15) is 0 Å². The molecule has 7 rings (SSSR count). The maximum absolute atomic E-state index is 4.60. The van der Waals surface area contributed by atoms with E-state index in [4.69, 9.17) is 0 Å². The van der Waals surface area contributed by atoms with Crippen LogP contribution < -0.4 is 0 Å². The van der Waals surface area contributed by atoms with Crippen LogP contribution in [0.1, 0.15) is 0 Å². The Morgan fingerprint density at radius 2 is 1.45 bits per heavy atom. The van der Waals surface area contributed by atoms with Crippen molar-refractivity contribution in [2.24, 2.45) is 0 Å². The van der Waals surface area contributed by atoms with Crippen LogP contribution in [0.25, 0.3) is 54.5 Å². The Balaban J connectivity index is 0.000000152. The summed E-state index contributed by atoms with van der Waals surface area (Å²) in [4.78, 5) is 12.7. The summed E-state index contributed by atoms with van der Waals surface area (Å²) >= 11 is 0. The van der Waals surface area contributed by atoms with Crippen LogP contribution in [0.4, 0.5) is 0 Å². The number of hydrogen-bond donors (Lipinski definition) is 0. The van der Waals surface area contributed by atoms with E-state index in [-0.39, 0.29) is 20.1 Å². The van der Waals surface area contributed by atoms with Crippen LogP contribution >= 0.6 is 0 Å². The monoisotopic (exact) mass is 600 g/mol. The standard InChI is InChI=1S/C19H10N.C10H7N2.Ir/c1-4-12-9-10-13-5-2-7-16-18(13)17(12)14(6-1)15-8-3-11-20-19(15)16;1-2-6-12-10(3-1)9-4-7-11-8-5-9;/h1-6,8-11H;1-4,6-8H;/q2*-1;. The van der Waals surface area contributed by atoms with Crippen molar-refractivity contribution in [3.63, 3.8) is 0 Å². The van der Waals surface area contributed by atoms with Gasteiger partial charge in [0, 0.05) is 32.5 Å². The Morgan fingerprint density at radius 3 is 2.27 bits per heavy atom. The molecule has 3 nitrogen and oxygen atoms in total. The third-order valence-electron chi connectivity index (χ3n) is 5.72. The van der Waals surface area contributed by atoms with Gasteiger partial charge < -0.3 is 9.97 Å². The second kappa shape index (κ2) is 9.03. The van der Waals surface area contributed by atoms with E-state index in [1.54, 1.807) is 18.6 Å². The largest absolute Gasteiger partial charge is 0.321 e. The summed E-state index contributed by atoms with van der Waals surface area (Å²) in [5.41, 5.74) is 2.95. The number of benzene rings is 4. The molecule has 0 unspecified atom stereocenters. The molecular weight excluding hydrogens is 583 g/mol. The third kappa shape index (κ3) is 3.74. The molecule has 1 radical (unpaired) electrons. The molecular formula is C29H17IrN3-2. The normalized spacial score (nSPS) is 10.8. The minimum Gasteiger partial charge on any atom is -0.321 e. The topological polar surface area (TPSA) is 38.7 Å². The molecule has 33 heavy (non-hydrogen) atoms. The molecule has 0 aliphatic carbocycles. The summed E-state index contributed by atoms with van der Waals surface area (Å²) < 4.78 is 0. The van der Waals surface area contributed by atoms with E-state index in [1.807, 2.05) is 42.6 Å². The SMILES string of the molecule is [Ir].[c-]1ccc2ccc3cccc4c5cccnc5c1c2c34.[c-]1cnccc1-c1ccccn1. The molecule has 0 aliphatic heterocycles. The molecule has 3 heterocycles. The van der Waals surface area contributed by atoms with Crippen LogP contribution in [0, 0.1) is 12.1 Å². The number of aromatic nitrogens is 3. The molecule has 0 aliphatic rings. The summed E-state index contributed by atoms with van der Waals surface area (Å²) in [6.07, 6.45) is 7.01. The van der Waals surface area contributed by atoms with Crippen molar-refractivity contribution in [2.75, 3.05) is 0 Å². The van der Waals surface area contributed by atoms with Crippen molar-refractivity contribution in [1.82, 2.24) is 15.0 Å². The Morgan fingerprint density at radius 1 is 0.606 bits per heavy atom. The minimum atomic E-state index is 0. The van der Waals surface area contributed by atoms with Gasteiger partial charge >= 0.3 is 0 Å². The number of pyridine rings is 3. The molecule has 3 aromatic heterocycles. The maximum atomic E-state index is 4.60. The van der Waals surface area contributed by atoms with E-state index in [0.29, 0.717) is 0 Å². The Labute approximate surface area is 204 Å². The molecule has 0 spiro atoms. The van der Waals surface area contributed by atoms with Crippen LogP contribution in [0.15, 0.2) is 104 Å². The first kappa shape index (κ1) is 21.1. The van der Waals surface area contributed by atoms with Gasteiger partial charge in [-0.15, -0.1) is 35.0 Å². The average Bonchev–Trinajstić information content (AvgIpc) is 2.89. The average molecular weight is 600 g/mol. The first-order valence-electron chi connectivity index (χ1n) is 10.5. The fourth-order valence-corrected chi connectivity index (χ4v) is 4.32. The van der Waals surface area contributed by atoms with Crippen molar-refractivity contribution in [2.45, 2.75) is 0 Å². The van der Waals surface area contributed by atoms with Crippen molar-refractivity contribution >= 4 is 43.2 Å². The van der Waals surface area contributed by atoms with Gasteiger partial charge in [-0.1, -0.05) is 53.9 Å². The van der Waals surface area contributed by atoms with Gasteiger partial charge in [-0.2, -0.15) is 11.6 Å². The Bertz CT molecular complexity index is 1540. The zero-order valence-electron chi connectivity index (χ0n) is 17.5. The number of fused-ring (bicyclic) bond motifs is 3. The van der Waals surface area contributed by atoms with Gasteiger partial charge in [0.05, 0.1) is 0 Å². The van der Waals surface area contributed by atoms with E-state index in [2.05, 4.69) is 69.5 Å². The van der Waals surface area contributed by atoms with Crippen LogP contribution in [-0.4, -0.2) is 15.0 Å². The smallest absolute Gasteiger partial charge is 0.0161 e. The molecule has 7 aromatic rings. The fourth-order valence-electron chi connectivity index (χ4n) is 4.32. The van der Waals surface area contributed by atoms with E-state index in [0.717, 1.165) is 22.2 Å². The summed E-state index contributed by atoms with van der Waals surface area (Å²) in [5, 5.41) is 8.77. The zero-order valence-corrected chi connectivity index (χ0v) is 19.9. The summed E-state index contributed by atoms with van der Waals surface area (Å²) in [7, 11) is 0. The molecule has 0 N–H and O–H groups in total. The van der Waals surface area contributed by atoms with E-state index in [1.165, 1.54) is 32.3 Å². The van der Waals surface area contributed by atoms with Gasteiger partial charge in [0.15, 0.2) is 0 Å². The Kier molecular flexibility index (Phi) is 5.78. The van der Waals surface area contributed by atoms with Gasteiger partial charge in [-0.3, -0.25) is 4.98 Å². The molecule has 0 saturated heterocycles. The number of rotatable bonds is 1.